The lowest BCUT2D eigenvalue weighted by molar-refractivity contribution is -0.129. The molecule has 1 fully saturated rings. The average Bonchev–Trinajstić information content (AvgIpc) is 2.50. The highest BCUT2D eigenvalue weighted by atomic mass is 16.5. The summed E-state index contributed by atoms with van der Waals surface area (Å²) in [5.74, 6) is 0.0171. The highest BCUT2D eigenvalue weighted by molar-refractivity contribution is 5.88. The highest BCUT2D eigenvalue weighted by Gasteiger charge is 2.25. The molecule has 1 amide bonds. The summed E-state index contributed by atoms with van der Waals surface area (Å²) in [4.78, 5) is 44.1. The number of aromatic amines is 1. The van der Waals surface area contributed by atoms with Gasteiger partial charge in [-0.3, -0.25) is 9.59 Å². The molecule has 0 aliphatic carbocycles. The molecule has 0 atom stereocenters. The molecule has 1 saturated heterocycles. The maximum Gasteiger partial charge on any atom is 0.357 e. The fourth-order valence-corrected chi connectivity index (χ4v) is 2.61. The van der Waals surface area contributed by atoms with Gasteiger partial charge in [-0.05, 0) is 26.7 Å². The van der Waals surface area contributed by atoms with E-state index in [1.54, 1.807) is 25.7 Å². The summed E-state index contributed by atoms with van der Waals surface area (Å²) in [6, 6.07) is 0. The molecule has 2 heterocycles. The Balaban J connectivity index is 2.24. The van der Waals surface area contributed by atoms with Crippen LogP contribution in [0.15, 0.2) is 4.79 Å². The summed E-state index contributed by atoms with van der Waals surface area (Å²) in [6.45, 7) is 6.31. The summed E-state index contributed by atoms with van der Waals surface area (Å²) in [5.41, 5.74) is 0.0278. The number of likely N-dealkylation sites (tertiary alicyclic amines) is 1. The van der Waals surface area contributed by atoms with E-state index in [4.69, 9.17) is 4.74 Å². The summed E-state index contributed by atoms with van der Waals surface area (Å²) in [6.07, 6.45) is 1.43. The first kappa shape index (κ1) is 16.2. The van der Waals surface area contributed by atoms with E-state index >= 15 is 0 Å². The molecule has 2 rings (SSSR count). The van der Waals surface area contributed by atoms with Crippen molar-refractivity contribution in [2.75, 3.05) is 19.7 Å². The molecule has 120 valence electrons. The molecule has 1 aliphatic rings. The fourth-order valence-electron chi connectivity index (χ4n) is 2.61. The number of piperidine rings is 1. The first-order valence-corrected chi connectivity index (χ1v) is 7.47. The number of ether oxygens (including phenoxy) is 1. The lowest BCUT2D eigenvalue weighted by atomic mass is 9.95. The molecule has 1 aliphatic heterocycles. The highest BCUT2D eigenvalue weighted by Crippen LogP contribution is 2.25. The van der Waals surface area contributed by atoms with Gasteiger partial charge in [-0.25, -0.2) is 9.78 Å². The number of amides is 1. The third-order valence-corrected chi connectivity index (χ3v) is 3.97. The van der Waals surface area contributed by atoms with Gasteiger partial charge in [0.15, 0.2) is 5.69 Å². The van der Waals surface area contributed by atoms with Crippen molar-refractivity contribution in [2.45, 2.75) is 39.5 Å². The molecule has 0 bridgehead atoms. The van der Waals surface area contributed by atoms with Crippen LogP contribution in [0, 0.1) is 6.92 Å². The van der Waals surface area contributed by atoms with E-state index in [0.29, 0.717) is 31.8 Å². The van der Waals surface area contributed by atoms with Gasteiger partial charge in [-0.1, -0.05) is 0 Å². The van der Waals surface area contributed by atoms with Crippen molar-refractivity contribution in [3.8, 4) is 0 Å². The second kappa shape index (κ2) is 6.72. The van der Waals surface area contributed by atoms with Crippen LogP contribution in [0.2, 0.25) is 0 Å². The van der Waals surface area contributed by atoms with Gasteiger partial charge in [0.1, 0.15) is 5.82 Å². The molecule has 1 N–H and O–H groups in total. The second-order valence-electron chi connectivity index (χ2n) is 5.43. The third-order valence-electron chi connectivity index (χ3n) is 3.97. The van der Waals surface area contributed by atoms with Crippen molar-refractivity contribution in [3.63, 3.8) is 0 Å². The van der Waals surface area contributed by atoms with Gasteiger partial charge < -0.3 is 14.6 Å². The van der Waals surface area contributed by atoms with E-state index in [9.17, 15) is 14.4 Å². The van der Waals surface area contributed by atoms with E-state index in [2.05, 4.69) is 9.97 Å². The number of nitrogens with one attached hydrogen (secondary N) is 1. The zero-order valence-electron chi connectivity index (χ0n) is 13.1. The third kappa shape index (κ3) is 3.35. The van der Waals surface area contributed by atoms with Crippen LogP contribution in [-0.2, 0) is 9.53 Å². The molecule has 0 radical (unpaired) electrons. The van der Waals surface area contributed by atoms with Crippen molar-refractivity contribution < 1.29 is 14.3 Å². The minimum absolute atomic E-state index is 0.0390. The Bertz CT molecular complexity index is 630. The topological polar surface area (TPSA) is 92.4 Å². The minimum Gasteiger partial charge on any atom is -0.461 e. The van der Waals surface area contributed by atoms with Gasteiger partial charge in [0.2, 0.25) is 5.91 Å². The Kier molecular flexibility index (Phi) is 4.95. The van der Waals surface area contributed by atoms with E-state index in [-0.39, 0.29) is 35.2 Å². The summed E-state index contributed by atoms with van der Waals surface area (Å²) >= 11 is 0. The van der Waals surface area contributed by atoms with Crippen LogP contribution in [0.25, 0.3) is 0 Å². The van der Waals surface area contributed by atoms with E-state index < -0.39 is 5.97 Å². The molecule has 7 heteroatoms. The number of rotatable bonds is 3. The largest absolute Gasteiger partial charge is 0.461 e. The predicted octanol–water partition coefficient (Wildman–Crippen LogP) is 0.981. The molecule has 22 heavy (non-hydrogen) atoms. The van der Waals surface area contributed by atoms with Gasteiger partial charge in [-0.2, -0.15) is 0 Å². The number of H-pyrrole nitrogens is 1. The molecular formula is C15H21N3O4. The Morgan fingerprint density at radius 3 is 2.55 bits per heavy atom. The molecule has 1 aromatic heterocycles. The van der Waals surface area contributed by atoms with E-state index in [1.165, 1.54) is 0 Å². The lowest BCUT2D eigenvalue weighted by Gasteiger charge is -2.30. The summed E-state index contributed by atoms with van der Waals surface area (Å²) in [7, 11) is 0. The van der Waals surface area contributed by atoms with Gasteiger partial charge in [0.25, 0.3) is 5.56 Å². The lowest BCUT2D eigenvalue weighted by Crippen LogP contribution is -2.37. The van der Waals surface area contributed by atoms with Crippen molar-refractivity contribution in [1.82, 2.24) is 14.9 Å². The second-order valence-corrected chi connectivity index (χ2v) is 5.43. The fraction of sp³-hybridized carbons (Fsp3) is 0.600. The Labute approximate surface area is 128 Å². The Hall–Kier alpha value is -2.18. The number of esters is 1. The SMILES string of the molecule is CCOC(=O)c1nc(C2CCN(C(C)=O)CC2)[nH]c(=O)c1C. The van der Waals surface area contributed by atoms with Crippen LogP contribution in [-0.4, -0.2) is 46.4 Å². The Morgan fingerprint density at radius 2 is 2.00 bits per heavy atom. The van der Waals surface area contributed by atoms with Crippen LogP contribution in [0.3, 0.4) is 0 Å². The van der Waals surface area contributed by atoms with E-state index in [0.717, 1.165) is 0 Å². The zero-order chi connectivity index (χ0) is 16.3. The average molecular weight is 307 g/mol. The van der Waals surface area contributed by atoms with Crippen molar-refractivity contribution >= 4 is 11.9 Å². The minimum atomic E-state index is -0.575. The number of carbonyl (C=O) groups excluding carboxylic acids is 2. The first-order valence-electron chi connectivity index (χ1n) is 7.47. The standard InChI is InChI=1S/C15H21N3O4/c1-4-22-15(21)12-9(2)14(20)17-13(16-12)11-5-7-18(8-6-11)10(3)19/h11H,4-8H2,1-3H3,(H,16,17,20). The normalized spacial score (nSPS) is 15.7. The first-order chi connectivity index (χ1) is 10.4. The predicted molar refractivity (Wildman–Crippen MR) is 79.8 cm³/mol. The smallest absolute Gasteiger partial charge is 0.357 e. The molecular weight excluding hydrogens is 286 g/mol. The number of hydrogen-bond donors (Lipinski definition) is 1. The van der Waals surface area contributed by atoms with Crippen LogP contribution < -0.4 is 5.56 Å². The van der Waals surface area contributed by atoms with Crippen LogP contribution in [0.4, 0.5) is 0 Å². The van der Waals surface area contributed by atoms with Crippen LogP contribution >= 0.6 is 0 Å². The number of nitrogens with zero attached hydrogens (tertiary/aromatic N) is 2. The van der Waals surface area contributed by atoms with Crippen molar-refractivity contribution in [1.29, 1.82) is 0 Å². The van der Waals surface area contributed by atoms with Gasteiger partial charge >= 0.3 is 5.97 Å². The molecule has 1 aromatic rings. The summed E-state index contributed by atoms with van der Waals surface area (Å²) < 4.78 is 4.95. The van der Waals surface area contributed by atoms with Gasteiger partial charge in [0, 0.05) is 31.5 Å². The maximum absolute atomic E-state index is 12.0. The van der Waals surface area contributed by atoms with Crippen LogP contribution in [0.1, 0.15) is 54.5 Å². The molecule has 0 saturated carbocycles. The van der Waals surface area contributed by atoms with Gasteiger partial charge in [-0.15, -0.1) is 0 Å². The van der Waals surface area contributed by atoms with E-state index in [1.807, 2.05) is 0 Å². The molecule has 7 nitrogen and oxygen atoms in total. The molecule has 0 unspecified atom stereocenters. The Morgan fingerprint density at radius 1 is 1.36 bits per heavy atom. The monoisotopic (exact) mass is 307 g/mol. The number of hydrogen-bond acceptors (Lipinski definition) is 5. The summed E-state index contributed by atoms with van der Waals surface area (Å²) in [5, 5.41) is 0. The van der Waals surface area contributed by atoms with Crippen molar-refractivity contribution in [3.05, 3.63) is 27.4 Å². The van der Waals surface area contributed by atoms with Gasteiger partial charge in [0.05, 0.1) is 6.61 Å². The zero-order valence-corrected chi connectivity index (χ0v) is 13.1. The van der Waals surface area contributed by atoms with Crippen molar-refractivity contribution in [2.24, 2.45) is 0 Å². The maximum atomic E-state index is 12.0. The number of aromatic nitrogens is 2. The quantitative estimate of drug-likeness (QED) is 0.840. The molecule has 0 aromatic carbocycles. The van der Waals surface area contributed by atoms with Crippen LogP contribution in [0.5, 0.6) is 0 Å². The number of carbonyl (C=O) groups is 2. The molecule has 0 spiro atoms.